The molecule has 0 amide bonds. The summed E-state index contributed by atoms with van der Waals surface area (Å²) in [4.78, 5) is 0. The van der Waals surface area contributed by atoms with E-state index < -0.39 is 16.0 Å². The molecule has 1 aromatic carbocycles. The van der Waals surface area contributed by atoms with E-state index in [-0.39, 0.29) is 10.6 Å². The molecule has 0 fully saturated rings. The van der Waals surface area contributed by atoms with Crippen LogP contribution in [0.5, 0.6) is 0 Å². The Kier molecular flexibility index (Phi) is 2.69. The van der Waals surface area contributed by atoms with Crippen LogP contribution >= 0.6 is 11.6 Å². The minimum atomic E-state index is -4.48. The van der Waals surface area contributed by atoms with Gasteiger partial charge in [0.05, 0.1) is 0 Å². The van der Waals surface area contributed by atoms with Crippen LogP contribution in [0.1, 0.15) is 5.56 Å². The van der Waals surface area contributed by atoms with Gasteiger partial charge in [0, 0.05) is 5.02 Å². The molecule has 1 rings (SSSR count). The lowest BCUT2D eigenvalue weighted by Crippen LogP contribution is -1.96. The third kappa shape index (κ3) is 2.79. The molecular formula is C7H6ClFO2S. The SMILES string of the molecule is O=S(=O)(F)Cc1ccccc1Cl. The zero-order valence-corrected chi connectivity index (χ0v) is 7.57. The smallest absolute Gasteiger partial charge is 0.194 e. The lowest BCUT2D eigenvalue weighted by molar-refractivity contribution is 0.551. The standard InChI is InChI=1S/C7H6ClFO2S/c8-7-4-2-1-3-6(7)5-12(9,10)11/h1-4H,5H2. The van der Waals surface area contributed by atoms with E-state index in [1.807, 2.05) is 0 Å². The Morgan fingerprint density at radius 3 is 2.42 bits per heavy atom. The third-order valence-electron chi connectivity index (χ3n) is 1.29. The summed E-state index contributed by atoms with van der Waals surface area (Å²) in [7, 11) is -4.48. The van der Waals surface area contributed by atoms with Gasteiger partial charge in [0.25, 0.3) is 0 Å². The van der Waals surface area contributed by atoms with Gasteiger partial charge in [-0.15, -0.1) is 3.89 Å². The maximum absolute atomic E-state index is 12.2. The molecular weight excluding hydrogens is 203 g/mol. The van der Waals surface area contributed by atoms with Crippen molar-refractivity contribution in [2.24, 2.45) is 0 Å². The molecule has 0 N–H and O–H groups in total. The predicted molar refractivity (Wildman–Crippen MR) is 45.2 cm³/mol. The van der Waals surface area contributed by atoms with Crippen LogP contribution in [0.25, 0.3) is 0 Å². The molecule has 0 radical (unpaired) electrons. The Morgan fingerprint density at radius 1 is 1.33 bits per heavy atom. The summed E-state index contributed by atoms with van der Waals surface area (Å²) in [6, 6.07) is 6.24. The first-order chi connectivity index (χ1) is 5.49. The van der Waals surface area contributed by atoms with E-state index in [4.69, 9.17) is 11.6 Å². The maximum Gasteiger partial charge on any atom is 0.306 e. The molecule has 12 heavy (non-hydrogen) atoms. The van der Waals surface area contributed by atoms with Crippen molar-refractivity contribution in [3.8, 4) is 0 Å². The van der Waals surface area contributed by atoms with Crippen LogP contribution in [0.4, 0.5) is 3.89 Å². The van der Waals surface area contributed by atoms with Gasteiger partial charge in [-0.25, -0.2) is 0 Å². The molecule has 0 spiro atoms. The molecule has 2 nitrogen and oxygen atoms in total. The number of rotatable bonds is 2. The average molecular weight is 209 g/mol. The molecule has 0 aliphatic carbocycles. The molecule has 66 valence electrons. The highest BCUT2D eigenvalue weighted by atomic mass is 35.5. The quantitative estimate of drug-likeness (QED) is 0.698. The molecule has 0 heterocycles. The van der Waals surface area contributed by atoms with E-state index in [9.17, 15) is 12.3 Å². The van der Waals surface area contributed by atoms with Crippen LogP contribution in [0, 0.1) is 0 Å². The fourth-order valence-corrected chi connectivity index (χ4v) is 1.71. The molecule has 5 heteroatoms. The monoisotopic (exact) mass is 208 g/mol. The Bertz CT molecular complexity index is 375. The van der Waals surface area contributed by atoms with Crippen LogP contribution in [-0.2, 0) is 16.0 Å². The van der Waals surface area contributed by atoms with Gasteiger partial charge >= 0.3 is 10.2 Å². The highest BCUT2D eigenvalue weighted by Crippen LogP contribution is 2.17. The Hall–Kier alpha value is -0.610. The summed E-state index contributed by atoms with van der Waals surface area (Å²) < 4.78 is 32.6. The number of hydrogen-bond donors (Lipinski definition) is 0. The van der Waals surface area contributed by atoms with E-state index in [0.29, 0.717) is 0 Å². The fraction of sp³-hybridized carbons (Fsp3) is 0.143. The van der Waals surface area contributed by atoms with Crippen molar-refractivity contribution in [3.05, 3.63) is 34.9 Å². The Labute approximate surface area is 75.2 Å². The normalized spacial score (nSPS) is 11.5. The molecule has 1 aromatic rings. The van der Waals surface area contributed by atoms with Gasteiger partial charge in [-0.2, -0.15) is 8.42 Å². The second-order valence-corrected chi connectivity index (χ2v) is 4.05. The van der Waals surface area contributed by atoms with Crippen LogP contribution in [-0.4, -0.2) is 8.42 Å². The van der Waals surface area contributed by atoms with Gasteiger partial charge in [0.1, 0.15) is 5.75 Å². The predicted octanol–water partition coefficient (Wildman–Crippen LogP) is 2.14. The lowest BCUT2D eigenvalue weighted by atomic mass is 10.2. The highest BCUT2D eigenvalue weighted by molar-refractivity contribution is 7.85. The van der Waals surface area contributed by atoms with Crippen LogP contribution in [0.3, 0.4) is 0 Å². The second kappa shape index (κ2) is 3.41. The van der Waals surface area contributed by atoms with Crippen molar-refractivity contribution in [2.75, 3.05) is 0 Å². The zero-order valence-electron chi connectivity index (χ0n) is 6.00. The van der Waals surface area contributed by atoms with E-state index in [1.54, 1.807) is 12.1 Å². The molecule has 0 atom stereocenters. The van der Waals surface area contributed by atoms with Crippen molar-refractivity contribution in [1.82, 2.24) is 0 Å². The van der Waals surface area contributed by atoms with Crippen molar-refractivity contribution in [3.63, 3.8) is 0 Å². The van der Waals surface area contributed by atoms with E-state index >= 15 is 0 Å². The van der Waals surface area contributed by atoms with E-state index in [2.05, 4.69) is 0 Å². The number of hydrogen-bond acceptors (Lipinski definition) is 2. The average Bonchev–Trinajstić information content (AvgIpc) is 1.91. The van der Waals surface area contributed by atoms with E-state index in [1.165, 1.54) is 12.1 Å². The molecule has 0 bridgehead atoms. The van der Waals surface area contributed by atoms with Gasteiger partial charge in [-0.1, -0.05) is 29.8 Å². The molecule has 0 saturated carbocycles. The summed E-state index contributed by atoms with van der Waals surface area (Å²) in [5.41, 5.74) is 0.279. The highest BCUT2D eigenvalue weighted by Gasteiger charge is 2.10. The van der Waals surface area contributed by atoms with Crippen molar-refractivity contribution < 1.29 is 12.3 Å². The van der Waals surface area contributed by atoms with E-state index in [0.717, 1.165) is 0 Å². The molecule has 0 saturated heterocycles. The van der Waals surface area contributed by atoms with Crippen LogP contribution < -0.4 is 0 Å². The first-order valence-electron chi connectivity index (χ1n) is 3.15. The van der Waals surface area contributed by atoms with Gasteiger partial charge in [0.2, 0.25) is 0 Å². The first kappa shape index (κ1) is 9.48. The van der Waals surface area contributed by atoms with Gasteiger partial charge in [0.15, 0.2) is 0 Å². The maximum atomic E-state index is 12.2. The molecule has 0 aromatic heterocycles. The second-order valence-electron chi connectivity index (χ2n) is 2.27. The molecule has 0 unspecified atom stereocenters. The summed E-state index contributed by atoms with van der Waals surface area (Å²) in [6.07, 6.45) is 0. The zero-order chi connectivity index (χ0) is 9.19. The minimum Gasteiger partial charge on any atom is -0.194 e. The topological polar surface area (TPSA) is 34.1 Å². The minimum absolute atomic E-state index is 0.263. The van der Waals surface area contributed by atoms with Crippen molar-refractivity contribution in [1.29, 1.82) is 0 Å². The van der Waals surface area contributed by atoms with Gasteiger partial charge < -0.3 is 0 Å². The van der Waals surface area contributed by atoms with Gasteiger partial charge in [-0.05, 0) is 11.6 Å². The van der Waals surface area contributed by atoms with Crippen molar-refractivity contribution >= 4 is 21.8 Å². The summed E-state index contributed by atoms with van der Waals surface area (Å²) in [5, 5.41) is 0.263. The number of benzene rings is 1. The fourth-order valence-electron chi connectivity index (χ4n) is 0.801. The number of halogens is 2. The Balaban J connectivity index is 2.98. The Morgan fingerprint density at radius 2 is 1.92 bits per heavy atom. The summed E-state index contributed by atoms with van der Waals surface area (Å²) in [6.45, 7) is 0. The van der Waals surface area contributed by atoms with Crippen LogP contribution in [0.15, 0.2) is 24.3 Å². The third-order valence-corrected chi connectivity index (χ3v) is 2.31. The largest absolute Gasteiger partial charge is 0.306 e. The first-order valence-corrected chi connectivity index (χ1v) is 5.08. The molecule has 0 aliphatic rings. The van der Waals surface area contributed by atoms with Crippen molar-refractivity contribution in [2.45, 2.75) is 5.75 Å². The lowest BCUT2D eigenvalue weighted by Gasteiger charge is -1.98. The van der Waals surface area contributed by atoms with Crippen LogP contribution in [0.2, 0.25) is 5.02 Å². The summed E-state index contributed by atoms with van der Waals surface area (Å²) in [5.74, 6) is -0.660. The van der Waals surface area contributed by atoms with Gasteiger partial charge in [-0.3, -0.25) is 0 Å². The molecule has 0 aliphatic heterocycles. The summed E-state index contributed by atoms with van der Waals surface area (Å²) >= 11 is 5.60.